The van der Waals surface area contributed by atoms with Crippen molar-refractivity contribution in [2.45, 2.75) is 32.2 Å². The molecular formula is C15H20N2O3. The van der Waals surface area contributed by atoms with Gasteiger partial charge in [-0.3, -0.25) is 4.79 Å². The van der Waals surface area contributed by atoms with E-state index in [-0.39, 0.29) is 11.4 Å². The van der Waals surface area contributed by atoms with Crippen molar-refractivity contribution in [2.75, 3.05) is 5.32 Å². The first-order chi connectivity index (χ1) is 9.26. The fourth-order valence-corrected chi connectivity index (χ4v) is 1.55. The van der Waals surface area contributed by atoms with Crippen LogP contribution in [0.5, 0.6) is 0 Å². The summed E-state index contributed by atoms with van der Waals surface area (Å²) in [6.07, 6.45) is 3.47. The Kier molecular flexibility index (Phi) is 5.46. The predicted molar refractivity (Wildman–Crippen MR) is 79.2 cm³/mol. The van der Waals surface area contributed by atoms with Gasteiger partial charge in [-0.05, 0) is 44.0 Å². The molecule has 0 heterocycles. The molecular weight excluding hydrogens is 256 g/mol. The molecule has 1 aromatic rings. The zero-order valence-electron chi connectivity index (χ0n) is 11.7. The molecule has 108 valence electrons. The Morgan fingerprint density at radius 2 is 2.10 bits per heavy atom. The molecule has 4 N–H and O–H groups in total. The van der Waals surface area contributed by atoms with Crippen molar-refractivity contribution in [2.24, 2.45) is 5.73 Å². The van der Waals surface area contributed by atoms with Crippen LogP contribution in [0.2, 0.25) is 0 Å². The highest BCUT2D eigenvalue weighted by Crippen LogP contribution is 2.14. The Labute approximate surface area is 118 Å². The van der Waals surface area contributed by atoms with Gasteiger partial charge in [0.1, 0.15) is 0 Å². The number of rotatable bonds is 6. The minimum atomic E-state index is -1.01. The van der Waals surface area contributed by atoms with Crippen molar-refractivity contribution < 1.29 is 14.7 Å². The molecule has 1 aromatic carbocycles. The molecule has 0 atom stereocenters. The molecule has 5 nitrogen and oxygen atoms in total. The number of carbonyl (C=O) groups is 2. The number of carboxylic acids is 1. The van der Waals surface area contributed by atoms with Gasteiger partial charge in [-0.25, -0.2) is 4.79 Å². The summed E-state index contributed by atoms with van der Waals surface area (Å²) >= 11 is 0. The van der Waals surface area contributed by atoms with Crippen LogP contribution in [0.3, 0.4) is 0 Å². The van der Waals surface area contributed by atoms with Crippen LogP contribution in [0.15, 0.2) is 30.3 Å². The fraction of sp³-hybridized carbons (Fsp3) is 0.333. The van der Waals surface area contributed by atoms with Crippen LogP contribution in [-0.2, 0) is 9.59 Å². The number of hydrogen-bond acceptors (Lipinski definition) is 3. The number of amides is 1. The highest BCUT2D eigenvalue weighted by molar-refractivity contribution is 5.91. The summed E-state index contributed by atoms with van der Waals surface area (Å²) in [5.41, 5.74) is 6.80. The van der Waals surface area contributed by atoms with E-state index < -0.39 is 5.97 Å². The van der Waals surface area contributed by atoms with Gasteiger partial charge in [-0.1, -0.05) is 12.1 Å². The Bertz CT molecular complexity index is 516. The van der Waals surface area contributed by atoms with Gasteiger partial charge in [0.25, 0.3) is 0 Å². The molecule has 0 aliphatic carbocycles. The number of aliphatic carboxylic acids is 1. The van der Waals surface area contributed by atoms with E-state index >= 15 is 0 Å². The largest absolute Gasteiger partial charge is 0.478 e. The second kappa shape index (κ2) is 6.86. The normalized spacial score (nSPS) is 11.6. The van der Waals surface area contributed by atoms with Crippen molar-refractivity contribution in [1.82, 2.24) is 0 Å². The fourth-order valence-electron chi connectivity index (χ4n) is 1.55. The molecule has 1 rings (SSSR count). The maximum Gasteiger partial charge on any atom is 0.328 e. The van der Waals surface area contributed by atoms with Gasteiger partial charge in [-0.15, -0.1) is 0 Å². The first-order valence-electron chi connectivity index (χ1n) is 6.36. The highest BCUT2D eigenvalue weighted by Gasteiger charge is 2.13. The molecule has 0 unspecified atom stereocenters. The first kappa shape index (κ1) is 15.9. The molecule has 0 bridgehead atoms. The molecule has 0 aromatic heterocycles. The first-order valence-corrected chi connectivity index (χ1v) is 6.36. The Hall–Kier alpha value is -2.14. The average molecular weight is 276 g/mol. The van der Waals surface area contributed by atoms with Crippen LogP contribution >= 0.6 is 0 Å². The van der Waals surface area contributed by atoms with Crippen LogP contribution in [0.1, 0.15) is 32.3 Å². The van der Waals surface area contributed by atoms with Gasteiger partial charge in [-0.2, -0.15) is 0 Å². The third-order valence-corrected chi connectivity index (χ3v) is 2.59. The molecule has 0 saturated carbocycles. The van der Waals surface area contributed by atoms with Crippen molar-refractivity contribution in [3.63, 3.8) is 0 Å². The minimum Gasteiger partial charge on any atom is -0.478 e. The minimum absolute atomic E-state index is 0.108. The lowest BCUT2D eigenvalue weighted by Crippen LogP contribution is -2.33. The van der Waals surface area contributed by atoms with Crippen LogP contribution in [0.25, 0.3) is 6.08 Å². The van der Waals surface area contributed by atoms with Crippen molar-refractivity contribution in [1.29, 1.82) is 0 Å². The van der Waals surface area contributed by atoms with E-state index in [2.05, 4.69) is 5.32 Å². The van der Waals surface area contributed by atoms with Gasteiger partial charge >= 0.3 is 5.97 Å². The van der Waals surface area contributed by atoms with Crippen LogP contribution in [0, 0.1) is 0 Å². The molecule has 20 heavy (non-hydrogen) atoms. The number of carboxylic acid groups (broad SMARTS) is 1. The number of hydrogen-bond donors (Lipinski definition) is 3. The zero-order chi connectivity index (χ0) is 15.2. The van der Waals surface area contributed by atoms with E-state index in [1.807, 2.05) is 13.8 Å². The summed E-state index contributed by atoms with van der Waals surface area (Å²) in [7, 11) is 0. The second-order valence-corrected chi connectivity index (χ2v) is 5.33. The number of benzene rings is 1. The molecule has 0 saturated heterocycles. The Morgan fingerprint density at radius 3 is 2.70 bits per heavy atom. The molecule has 1 amide bonds. The van der Waals surface area contributed by atoms with Crippen molar-refractivity contribution >= 4 is 23.6 Å². The monoisotopic (exact) mass is 276 g/mol. The van der Waals surface area contributed by atoms with E-state index in [1.54, 1.807) is 24.3 Å². The lowest BCUT2D eigenvalue weighted by Gasteiger charge is -2.17. The second-order valence-electron chi connectivity index (χ2n) is 5.33. The molecule has 5 heteroatoms. The maximum atomic E-state index is 11.8. The molecule has 0 fully saturated rings. The SMILES string of the molecule is CC(C)(N)CCC(=O)Nc1cccc(/C=C/C(=O)O)c1. The molecule has 0 aliphatic heterocycles. The van der Waals surface area contributed by atoms with E-state index in [9.17, 15) is 9.59 Å². The highest BCUT2D eigenvalue weighted by atomic mass is 16.4. The summed E-state index contributed by atoms with van der Waals surface area (Å²) in [5.74, 6) is -1.12. The predicted octanol–water partition coefficient (Wildman–Crippen LogP) is 2.24. The summed E-state index contributed by atoms with van der Waals surface area (Å²) in [6.45, 7) is 3.75. The average Bonchev–Trinajstić information content (AvgIpc) is 2.34. The quantitative estimate of drug-likeness (QED) is 0.695. The van der Waals surface area contributed by atoms with E-state index in [1.165, 1.54) is 6.08 Å². The van der Waals surface area contributed by atoms with Crippen molar-refractivity contribution in [3.05, 3.63) is 35.9 Å². The van der Waals surface area contributed by atoms with Gasteiger partial charge in [0, 0.05) is 23.7 Å². The van der Waals surface area contributed by atoms with Gasteiger partial charge in [0.2, 0.25) is 5.91 Å². The molecule has 0 aliphatic rings. The van der Waals surface area contributed by atoms with Gasteiger partial charge < -0.3 is 16.2 Å². The Morgan fingerprint density at radius 1 is 1.40 bits per heavy atom. The van der Waals surface area contributed by atoms with Crippen LogP contribution < -0.4 is 11.1 Å². The van der Waals surface area contributed by atoms with Gasteiger partial charge in [0.05, 0.1) is 0 Å². The lowest BCUT2D eigenvalue weighted by atomic mass is 10.00. The summed E-state index contributed by atoms with van der Waals surface area (Å²) < 4.78 is 0. The third-order valence-electron chi connectivity index (χ3n) is 2.59. The third kappa shape index (κ3) is 6.70. The van der Waals surface area contributed by atoms with Crippen LogP contribution in [0.4, 0.5) is 5.69 Å². The number of carbonyl (C=O) groups excluding carboxylic acids is 1. The summed E-state index contributed by atoms with van der Waals surface area (Å²) in [6, 6.07) is 6.98. The van der Waals surface area contributed by atoms with E-state index in [0.717, 1.165) is 6.08 Å². The summed E-state index contributed by atoms with van der Waals surface area (Å²) in [4.78, 5) is 22.2. The lowest BCUT2D eigenvalue weighted by molar-refractivity contribution is -0.131. The maximum absolute atomic E-state index is 11.8. The van der Waals surface area contributed by atoms with Crippen molar-refractivity contribution in [3.8, 4) is 0 Å². The number of anilines is 1. The van der Waals surface area contributed by atoms with Gasteiger partial charge in [0.15, 0.2) is 0 Å². The number of nitrogens with one attached hydrogen (secondary N) is 1. The van der Waals surface area contributed by atoms with E-state index in [4.69, 9.17) is 10.8 Å². The standard InChI is InChI=1S/C15H20N2O3/c1-15(2,16)9-8-13(18)17-12-5-3-4-11(10-12)6-7-14(19)20/h3-7,10H,8-9,16H2,1-2H3,(H,17,18)(H,19,20)/b7-6+. The zero-order valence-corrected chi connectivity index (χ0v) is 11.7. The summed E-state index contributed by atoms with van der Waals surface area (Å²) in [5, 5.41) is 11.3. The Balaban J connectivity index is 2.62. The topological polar surface area (TPSA) is 92.4 Å². The van der Waals surface area contributed by atoms with E-state index in [0.29, 0.717) is 24.1 Å². The smallest absolute Gasteiger partial charge is 0.328 e. The number of nitrogens with two attached hydrogens (primary N) is 1. The van der Waals surface area contributed by atoms with Crippen LogP contribution in [-0.4, -0.2) is 22.5 Å². The molecule has 0 radical (unpaired) electrons. The molecule has 0 spiro atoms.